The van der Waals surface area contributed by atoms with Crippen LogP contribution in [-0.2, 0) is 10.0 Å². The predicted molar refractivity (Wildman–Crippen MR) is 60.4 cm³/mol. The molecule has 0 spiro atoms. The molecule has 0 aromatic carbocycles. The monoisotopic (exact) mass is 242 g/mol. The Morgan fingerprint density at radius 1 is 1.50 bits per heavy atom. The number of hydrogen-bond donors (Lipinski definition) is 1. The zero-order chi connectivity index (χ0) is 9.90. The molecule has 1 heterocycles. The molecular formula is C8H19ClN2O2S. The van der Waals surface area contributed by atoms with E-state index >= 15 is 0 Å². The smallest absolute Gasteiger partial charge is 0.213 e. The number of hydrogen-bond acceptors (Lipinski definition) is 3. The van der Waals surface area contributed by atoms with Gasteiger partial charge >= 0.3 is 0 Å². The molecule has 4 nitrogen and oxygen atoms in total. The molecule has 14 heavy (non-hydrogen) atoms. The molecule has 0 bridgehead atoms. The Kier molecular flexibility index (Phi) is 5.97. The van der Waals surface area contributed by atoms with E-state index in [0.29, 0.717) is 19.1 Å². The van der Waals surface area contributed by atoms with Crippen LogP contribution >= 0.6 is 12.4 Å². The van der Waals surface area contributed by atoms with Gasteiger partial charge in [-0.25, -0.2) is 12.7 Å². The minimum atomic E-state index is -2.97. The Bertz CT molecular complexity index is 256. The topological polar surface area (TPSA) is 49.4 Å². The van der Waals surface area contributed by atoms with E-state index in [4.69, 9.17) is 0 Å². The number of rotatable bonds is 3. The number of halogens is 1. The van der Waals surface area contributed by atoms with E-state index in [0.717, 1.165) is 12.8 Å². The molecule has 0 radical (unpaired) electrons. The average molecular weight is 243 g/mol. The van der Waals surface area contributed by atoms with Crippen molar-refractivity contribution in [3.8, 4) is 0 Å². The van der Waals surface area contributed by atoms with Crippen molar-refractivity contribution in [2.24, 2.45) is 0 Å². The number of sulfonamides is 1. The van der Waals surface area contributed by atoms with Crippen molar-refractivity contribution in [2.45, 2.75) is 25.8 Å². The number of nitrogens with zero attached hydrogens (tertiary/aromatic N) is 1. The van der Waals surface area contributed by atoms with Crippen LogP contribution in [0.2, 0.25) is 0 Å². The van der Waals surface area contributed by atoms with Crippen molar-refractivity contribution >= 4 is 22.4 Å². The van der Waals surface area contributed by atoms with Gasteiger partial charge in [-0.1, -0.05) is 0 Å². The summed E-state index contributed by atoms with van der Waals surface area (Å²) in [6.07, 6.45) is 2.04. The molecule has 1 atom stereocenters. The van der Waals surface area contributed by atoms with Gasteiger partial charge in [-0.05, 0) is 26.8 Å². The highest BCUT2D eigenvalue weighted by Crippen LogP contribution is 2.13. The van der Waals surface area contributed by atoms with Crippen LogP contribution in [0, 0.1) is 0 Å². The van der Waals surface area contributed by atoms with E-state index < -0.39 is 10.0 Å². The maximum absolute atomic E-state index is 11.5. The molecule has 0 saturated carbocycles. The van der Waals surface area contributed by atoms with E-state index in [9.17, 15) is 8.42 Å². The van der Waals surface area contributed by atoms with Gasteiger partial charge in [-0.3, -0.25) is 0 Å². The van der Waals surface area contributed by atoms with Crippen LogP contribution in [0.5, 0.6) is 0 Å². The van der Waals surface area contributed by atoms with Crippen molar-refractivity contribution in [3.63, 3.8) is 0 Å². The quantitative estimate of drug-likeness (QED) is 0.782. The highest BCUT2D eigenvalue weighted by molar-refractivity contribution is 7.89. The lowest BCUT2D eigenvalue weighted by Crippen LogP contribution is -2.47. The first-order valence-electron chi connectivity index (χ1n) is 4.75. The van der Waals surface area contributed by atoms with Gasteiger partial charge in [0.15, 0.2) is 0 Å². The van der Waals surface area contributed by atoms with E-state index in [2.05, 4.69) is 5.32 Å². The molecule has 0 aromatic rings. The summed E-state index contributed by atoms with van der Waals surface area (Å²) in [6, 6.07) is 0.329. The summed E-state index contributed by atoms with van der Waals surface area (Å²) in [7, 11) is -1.09. The molecular weight excluding hydrogens is 224 g/mol. The van der Waals surface area contributed by atoms with Gasteiger partial charge in [0.1, 0.15) is 0 Å². The molecule has 1 rings (SSSR count). The summed E-state index contributed by atoms with van der Waals surface area (Å²) in [5.41, 5.74) is 0. The minimum Gasteiger partial charge on any atom is -0.316 e. The van der Waals surface area contributed by atoms with Crippen LogP contribution in [-0.4, -0.2) is 44.7 Å². The third-order valence-electron chi connectivity index (χ3n) is 2.55. The van der Waals surface area contributed by atoms with Crippen LogP contribution in [0.1, 0.15) is 19.8 Å². The standard InChI is InChI=1S/C8H18N2O2S.ClH/c1-3-13(11,12)10-6-4-5-8(7-10)9-2;/h8-9H,3-7H2,1-2H3;1H. The molecule has 0 aliphatic carbocycles. The Balaban J connectivity index is 0.00000169. The van der Waals surface area contributed by atoms with Crippen molar-refractivity contribution in [3.05, 3.63) is 0 Å². The van der Waals surface area contributed by atoms with Gasteiger partial charge in [0, 0.05) is 19.1 Å². The Morgan fingerprint density at radius 2 is 2.14 bits per heavy atom. The third-order valence-corrected chi connectivity index (χ3v) is 4.40. The first kappa shape index (κ1) is 14.2. The molecule has 1 saturated heterocycles. The molecule has 1 aliphatic heterocycles. The Labute approximate surface area is 92.5 Å². The van der Waals surface area contributed by atoms with Crippen molar-refractivity contribution < 1.29 is 8.42 Å². The highest BCUT2D eigenvalue weighted by Gasteiger charge is 2.26. The molecule has 1 unspecified atom stereocenters. The van der Waals surface area contributed by atoms with Crippen molar-refractivity contribution in [1.82, 2.24) is 9.62 Å². The Morgan fingerprint density at radius 3 is 2.64 bits per heavy atom. The summed E-state index contributed by atoms with van der Waals surface area (Å²) in [5.74, 6) is 0.212. The molecule has 0 aromatic heterocycles. The zero-order valence-corrected chi connectivity index (χ0v) is 10.3. The first-order valence-corrected chi connectivity index (χ1v) is 6.36. The molecule has 6 heteroatoms. The van der Waals surface area contributed by atoms with Gasteiger partial charge in [0.25, 0.3) is 0 Å². The fourth-order valence-corrected chi connectivity index (χ4v) is 2.79. The summed E-state index contributed by atoms with van der Waals surface area (Å²) < 4.78 is 24.6. The highest BCUT2D eigenvalue weighted by atomic mass is 35.5. The second-order valence-electron chi connectivity index (χ2n) is 3.39. The number of likely N-dealkylation sites (N-methyl/N-ethyl adjacent to an activating group) is 1. The SMILES string of the molecule is CCS(=O)(=O)N1CCCC(NC)C1.Cl. The molecule has 1 aliphatic rings. The van der Waals surface area contributed by atoms with E-state index in [1.54, 1.807) is 11.2 Å². The summed E-state index contributed by atoms with van der Waals surface area (Å²) in [4.78, 5) is 0. The number of nitrogens with one attached hydrogen (secondary N) is 1. The van der Waals surface area contributed by atoms with Gasteiger partial charge in [-0.15, -0.1) is 12.4 Å². The minimum absolute atomic E-state index is 0. The predicted octanol–water partition coefficient (Wildman–Crippen LogP) is 0.442. The Hall–Kier alpha value is 0.160. The molecule has 86 valence electrons. The lowest BCUT2D eigenvalue weighted by atomic mass is 10.1. The molecule has 0 amide bonds. The fourth-order valence-electron chi connectivity index (χ4n) is 1.61. The van der Waals surface area contributed by atoms with E-state index in [1.165, 1.54) is 0 Å². The van der Waals surface area contributed by atoms with Crippen molar-refractivity contribution in [1.29, 1.82) is 0 Å². The first-order chi connectivity index (χ1) is 6.10. The number of piperidine rings is 1. The normalized spacial score (nSPS) is 24.3. The second-order valence-corrected chi connectivity index (χ2v) is 5.64. The fraction of sp³-hybridized carbons (Fsp3) is 1.00. The van der Waals surface area contributed by atoms with Gasteiger partial charge < -0.3 is 5.32 Å². The average Bonchev–Trinajstić information content (AvgIpc) is 2.18. The summed E-state index contributed by atoms with van der Waals surface area (Å²) in [6.45, 7) is 3.01. The van der Waals surface area contributed by atoms with Gasteiger partial charge in [-0.2, -0.15) is 0 Å². The largest absolute Gasteiger partial charge is 0.316 e. The van der Waals surface area contributed by atoms with Crippen LogP contribution in [0.15, 0.2) is 0 Å². The maximum atomic E-state index is 11.5. The van der Waals surface area contributed by atoms with Crippen LogP contribution in [0.25, 0.3) is 0 Å². The van der Waals surface area contributed by atoms with Gasteiger partial charge in [0.05, 0.1) is 5.75 Å². The summed E-state index contributed by atoms with van der Waals surface area (Å²) >= 11 is 0. The van der Waals surface area contributed by atoms with E-state index in [-0.39, 0.29) is 18.2 Å². The lowest BCUT2D eigenvalue weighted by Gasteiger charge is -2.31. The van der Waals surface area contributed by atoms with Crippen molar-refractivity contribution in [2.75, 3.05) is 25.9 Å². The second kappa shape index (κ2) is 5.90. The zero-order valence-electron chi connectivity index (χ0n) is 8.69. The van der Waals surface area contributed by atoms with E-state index in [1.807, 2.05) is 7.05 Å². The molecule has 1 fully saturated rings. The maximum Gasteiger partial charge on any atom is 0.213 e. The summed E-state index contributed by atoms with van der Waals surface area (Å²) in [5, 5.41) is 3.12. The lowest BCUT2D eigenvalue weighted by molar-refractivity contribution is 0.293. The molecule has 1 N–H and O–H groups in total. The van der Waals surface area contributed by atoms with Gasteiger partial charge in [0.2, 0.25) is 10.0 Å². The van der Waals surface area contributed by atoms with Crippen LogP contribution in [0.4, 0.5) is 0 Å². The third kappa shape index (κ3) is 3.38. The van der Waals surface area contributed by atoms with Crippen LogP contribution in [0.3, 0.4) is 0 Å². The van der Waals surface area contributed by atoms with Crippen LogP contribution < -0.4 is 5.32 Å².